The predicted octanol–water partition coefficient (Wildman–Crippen LogP) is 2.09. The molecule has 0 bridgehead atoms. The molecule has 1 aliphatic rings. The Kier molecular flexibility index (Phi) is 3.79. The maximum Gasteiger partial charge on any atom is 0.242 e. The Morgan fingerprint density at radius 2 is 1.95 bits per heavy atom. The topological polar surface area (TPSA) is 49.4 Å². The Morgan fingerprint density at radius 1 is 1.35 bits per heavy atom. The number of rotatable bonds is 3. The van der Waals surface area contributed by atoms with Gasteiger partial charge in [-0.2, -0.15) is 0 Å². The third-order valence-electron chi connectivity index (χ3n) is 3.61. The van der Waals surface area contributed by atoms with Crippen LogP contribution in [-0.2, 0) is 9.59 Å². The van der Waals surface area contributed by atoms with Gasteiger partial charge < -0.3 is 10.2 Å². The molecule has 2 amide bonds. The summed E-state index contributed by atoms with van der Waals surface area (Å²) in [6.45, 7) is 5.85. The molecule has 0 radical (unpaired) electrons. The fourth-order valence-electron chi connectivity index (χ4n) is 2.34. The van der Waals surface area contributed by atoms with Crippen molar-refractivity contribution in [2.45, 2.75) is 33.2 Å². The number of hydrogen-bond donors (Lipinski definition) is 1. The summed E-state index contributed by atoms with van der Waals surface area (Å²) in [6, 6.07) is 5.73. The first-order valence-corrected chi connectivity index (χ1v) is 6.73. The second kappa shape index (κ2) is 5.23. The summed E-state index contributed by atoms with van der Waals surface area (Å²) in [5, 5.41) is 2.79. The van der Waals surface area contributed by atoms with Crippen LogP contribution in [0.2, 0.25) is 0 Å². The summed E-state index contributed by atoms with van der Waals surface area (Å²) < 4.78 is 12.9. The molecule has 0 spiro atoms. The van der Waals surface area contributed by atoms with Crippen molar-refractivity contribution >= 4 is 17.5 Å². The molecule has 0 aliphatic carbocycles. The van der Waals surface area contributed by atoms with Crippen molar-refractivity contribution in [2.75, 3.05) is 11.4 Å². The molecular weight excluding hydrogens is 259 g/mol. The van der Waals surface area contributed by atoms with E-state index >= 15 is 0 Å². The minimum atomic E-state index is -1.04. The Balaban J connectivity index is 2.20. The van der Waals surface area contributed by atoms with Crippen LogP contribution in [0.5, 0.6) is 0 Å². The Hall–Kier alpha value is -1.91. The van der Waals surface area contributed by atoms with Crippen molar-refractivity contribution in [3.05, 3.63) is 30.1 Å². The number of carbonyl (C=O) groups is 2. The molecule has 1 N–H and O–H groups in total. The highest BCUT2D eigenvalue weighted by Crippen LogP contribution is 2.35. The molecule has 5 heteroatoms. The summed E-state index contributed by atoms with van der Waals surface area (Å²) in [6.07, 6.45) is 0.460. The van der Waals surface area contributed by atoms with Crippen molar-refractivity contribution in [3.8, 4) is 0 Å². The molecule has 1 aliphatic heterocycles. The van der Waals surface area contributed by atoms with Gasteiger partial charge in [-0.15, -0.1) is 0 Å². The molecular formula is C15H19FN2O2. The van der Waals surface area contributed by atoms with Crippen LogP contribution in [0.3, 0.4) is 0 Å². The molecule has 1 saturated heterocycles. The maximum atomic E-state index is 12.9. The average Bonchev–Trinajstić information content (AvgIpc) is 2.68. The summed E-state index contributed by atoms with van der Waals surface area (Å²) in [5.74, 6) is -0.829. The van der Waals surface area contributed by atoms with Gasteiger partial charge in [-0.3, -0.25) is 9.59 Å². The van der Waals surface area contributed by atoms with Crippen LogP contribution >= 0.6 is 0 Å². The van der Waals surface area contributed by atoms with E-state index in [-0.39, 0.29) is 23.7 Å². The number of amides is 2. The van der Waals surface area contributed by atoms with Gasteiger partial charge in [0.05, 0.1) is 0 Å². The van der Waals surface area contributed by atoms with E-state index in [1.54, 1.807) is 24.0 Å². The molecule has 1 heterocycles. The normalized spacial score (nSPS) is 22.4. The summed E-state index contributed by atoms with van der Waals surface area (Å²) in [4.78, 5) is 26.2. The zero-order valence-electron chi connectivity index (χ0n) is 11.9. The van der Waals surface area contributed by atoms with Crippen LogP contribution < -0.4 is 10.2 Å². The van der Waals surface area contributed by atoms with Gasteiger partial charge in [0.15, 0.2) is 0 Å². The third-order valence-corrected chi connectivity index (χ3v) is 3.61. The smallest absolute Gasteiger partial charge is 0.242 e. The number of benzene rings is 1. The van der Waals surface area contributed by atoms with E-state index in [1.165, 1.54) is 12.1 Å². The van der Waals surface area contributed by atoms with E-state index in [0.717, 1.165) is 0 Å². The highest BCUT2D eigenvalue weighted by atomic mass is 19.1. The minimum Gasteiger partial charge on any atom is -0.353 e. The number of halogens is 1. The van der Waals surface area contributed by atoms with E-state index in [2.05, 4.69) is 5.32 Å². The lowest BCUT2D eigenvalue weighted by molar-refractivity contribution is -0.139. The lowest BCUT2D eigenvalue weighted by Gasteiger charge is -2.24. The zero-order chi connectivity index (χ0) is 14.9. The molecule has 2 rings (SSSR count). The van der Waals surface area contributed by atoms with E-state index in [0.29, 0.717) is 18.7 Å². The summed E-state index contributed by atoms with van der Waals surface area (Å²) in [7, 11) is 0. The molecule has 1 aromatic carbocycles. The van der Waals surface area contributed by atoms with Crippen LogP contribution in [0, 0.1) is 11.2 Å². The second-order valence-electron chi connectivity index (χ2n) is 5.64. The quantitative estimate of drug-likeness (QED) is 0.861. The van der Waals surface area contributed by atoms with Gasteiger partial charge >= 0.3 is 0 Å². The number of hydrogen-bond acceptors (Lipinski definition) is 2. The van der Waals surface area contributed by atoms with Gasteiger partial charge in [0.2, 0.25) is 11.8 Å². The van der Waals surface area contributed by atoms with Gasteiger partial charge in [-0.05, 0) is 51.5 Å². The molecule has 1 aromatic rings. The van der Waals surface area contributed by atoms with Gasteiger partial charge in [-0.1, -0.05) is 0 Å². The first-order chi connectivity index (χ1) is 9.34. The predicted molar refractivity (Wildman–Crippen MR) is 74.8 cm³/mol. The first kappa shape index (κ1) is 14.5. The van der Waals surface area contributed by atoms with Gasteiger partial charge in [0, 0.05) is 18.3 Å². The van der Waals surface area contributed by atoms with Crippen LogP contribution in [0.1, 0.15) is 27.2 Å². The average molecular weight is 278 g/mol. The lowest BCUT2D eigenvalue weighted by Crippen LogP contribution is -2.47. The zero-order valence-corrected chi connectivity index (χ0v) is 11.9. The van der Waals surface area contributed by atoms with Gasteiger partial charge in [0.25, 0.3) is 0 Å². The summed E-state index contributed by atoms with van der Waals surface area (Å²) >= 11 is 0. The van der Waals surface area contributed by atoms with Crippen LogP contribution in [0.4, 0.5) is 10.1 Å². The summed E-state index contributed by atoms with van der Waals surface area (Å²) in [5.41, 5.74) is -0.420. The molecule has 0 saturated carbocycles. The first-order valence-electron chi connectivity index (χ1n) is 6.73. The van der Waals surface area contributed by atoms with Crippen molar-refractivity contribution in [1.29, 1.82) is 0 Å². The SMILES string of the molecule is CC(C)NC(=O)[C@]1(C)CCN(c2ccc(F)cc2)C1=O. The minimum absolute atomic E-state index is 0.00741. The molecule has 1 atom stereocenters. The van der Waals surface area contributed by atoms with Crippen LogP contribution in [0.15, 0.2) is 24.3 Å². The van der Waals surface area contributed by atoms with E-state index in [4.69, 9.17) is 0 Å². The van der Waals surface area contributed by atoms with Crippen molar-refractivity contribution in [2.24, 2.45) is 5.41 Å². The van der Waals surface area contributed by atoms with Gasteiger partial charge in [0.1, 0.15) is 11.2 Å². The van der Waals surface area contributed by atoms with E-state index in [9.17, 15) is 14.0 Å². The van der Waals surface area contributed by atoms with Crippen LogP contribution in [0.25, 0.3) is 0 Å². The van der Waals surface area contributed by atoms with Crippen molar-refractivity contribution < 1.29 is 14.0 Å². The highest BCUT2D eigenvalue weighted by molar-refractivity contribution is 6.13. The molecule has 108 valence electrons. The molecule has 0 unspecified atom stereocenters. The number of nitrogens with one attached hydrogen (secondary N) is 1. The lowest BCUT2D eigenvalue weighted by atomic mass is 9.87. The maximum absolute atomic E-state index is 12.9. The van der Waals surface area contributed by atoms with Crippen molar-refractivity contribution in [3.63, 3.8) is 0 Å². The number of nitrogens with zero attached hydrogens (tertiary/aromatic N) is 1. The Bertz CT molecular complexity index is 527. The largest absolute Gasteiger partial charge is 0.353 e. The molecule has 1 fully saturated rings. The van der Waals surface area contributed by atoms with Crippen molar-refractivity contribution in [1.82, 2.24) is 5.32 Å². The molecule has 4 nitrogen and oxygen atoms in total. The standard InChI is InChI=1S/C15H19FN2O2/c1-10(2)17-13(19)15(3)8-9-18(14(15)20)12-6-4-11(16)5-7-12/h4-7,10H,8-9H2,1-3H3,(H,17,19)/t15-/m0/s1. The van der Waals surface area contributed by atoms with E-state index in [1.807, 2.05) is 13.8 Å². The van der Waals surface area contributed by atoms with Gasteiger partial charge in [-0.25, -0.2) is 4.39 Å². The Labute approximate surface area is 118 Å². The molecule has 0 aromatic heterocycles. The van der Waals surface area contributed by atoms with Crippen LogP contribution in [-0.4, -0.2) is 24.4 Å². The number of carbonyl (C=O) groups excluding carboxylic acids is 2. The second-order valence-corrected chi connectivity index (χ2v) is 5.64. The fourth-order valence-corrected chi connectivity index (χ4v) is 2.34. The monoisotopic (exact) mass is 278 g/mol. The number of anilines is 1. The third kappa shape index (κ3) is 2.53. The highest BCUT2D eigenvalue weighted by Gasteiger charge is 2.49. The fraction of sp³-hybridized carbons (Fsp3) is 0.467. The molecule has 20 heavy (non-hydrogen) atoms. The van der Waals surface area contributed by atoms with E-state index < -0.39 is 5.41 Å². The Morgan fingerprint density at radius 3 is 2.50 bits per heavy atom.